The second-order valence-corrected chi connectivity index (χ2v) is 3.45. The van der Waals surface area contributed by atoms with E-state index in [2.05, 4.69) is 10.3 Å². The number of rotatable bonds is 5. The van der Waals surface area contributed by atoms with Gasteiger partial charge in [-0.25, -0.2) is 0 Å². The highest BCUT2D eigenvalue weighted by atomic mass is 16.5. The van der Waals surface area contributed by atoms with Gasteiger partial charge in [-0.2, -0.15) is 0 Å². The number of nitrogens with one attached hydrogen (secondary N) is 1. The summed E-state index contributed by atoms with van der Waals surface area (Å²) in [4.78, 5) is 15.7. The molecule has 0 radical (unpaired) electrons. The molecule has 88 valence electrons. The monoisotopic (exact) mass is 223 g/mol. The molecule has 1 aromatic heterocycles. The van der Waals surface area contributed by atoms with E-state index >= 15 is 0 Å². The van der Waals surface area contributed by atoms with E-state index in [0.717, 1.165) is 6.42 Å². The summed E-state index contributed by atoms with van der Waals surface area (Å²) in [7, 11) is 1.51. The molecule has 0 aliphatic carbocycles. The molecule has 0 saturated heterocycles. The summed E-state index contributed by atoms with van der Waals surface area (Å²) in [6, 6.07) is 1.60. The third-order valence-electron chi connectivity index (χ3n) is 2.30. The quantitative estimate of drug-likeness (QED) is 0.764. The van der Waals surface area contributed by atoms with E-state index in [-0.39, 0.29) is 11.9 Å². The van der Waals surface area contributed by atoms with Crippen LogP contribution in [0.3, 0.4) is 0 Å². The number of nitrogens with two attached hydrogens (primary N) is 1. The Morgan fingerprint density at radius 1 is 1.69 bits per heavy atom. The van der Waals surface area contributed by atoms with Crippen molar-refractivity contribution in [3.8, 4) is 5.75 Å². The number of aromatic nitrogens is 1. The van der Waals surface area contributed by atoms with Gasteiger partial charge in [0.15, 0.2) is 0 Å². The number of amides is 1. The van der Waals surface area contributed by atoms with Gasteiger partial charge in [-0.15, -0.1) is 0 Å². The third-order valence-corrected chi connectivity index (χ3v) is 2.30. The van der Waals surface area contributed by atoms with Gasteiger partial charge < -0.3 is 15.8 Å². The minimum Gasteiger partial charge on any atom is -0.494 e. The molecular formula is C11H17N3O2. The molecule has 0 saturated carbocycles. The molecule has 0 spiro atoms. The van der Waals surface area contributed by atoms with Gasteiger partial charge in [0, 0.05) is 18.8 Å². The Labute approximate surface area is 95.0 Å². The van der Waals surface area contributed by atoms with Crippen LogP contribution in [-0.2, 0) is 0 Å². The molecule has 1 aromatic rings. The summed E-state index contributed by atoms with van der Waals surface area (Å²) in [6.45, 7) is 2.44. The molecular weight excluding hydrogens is 206 g/mol. The van der Waals surface area contributed by atoms with Crippen LogP contribution < -0.4 is 15.8 Å². The normalized spacial score (nSPS) is 11.9. The molecule has 0 aliphatic heterocycles. The predicted octanol–water partition coefficient (Wildman–Crippen LogP) is 0.557. The molecule has 0 aliphatic rings. The Bertz CT molecular complexity index is 355. The average Bonchev–Trinajstić information content (AvgIpc) is 2.35. The van der Waals surface area contributed by atoms with E-state index in [1.54, 1.807) is 12.3 Å². The lowest BCUT2D eigenvalue weighted by atomic mass is 10.2. The van der Waals surface area contributed by atoms with Crippen LogP contribution in [0.4, 0.5) is 0 Å². The van der Waals surface area contributed by atoms with Crippen molar-refractivity contribution in [3.05, 3.63) is 24.0 Å². The predicted molar refractivity (Wildman–Crippen MR) is 61.4 cm³/mol. The lowest BCUT2D eigenvalue weighted by molar-refractivity contribution is 0.0948. The first-order valence-corrected chi connectivity index (χ1v) is 5.20. The smallest absolute Gasteiger partial charge is 0.255 e. The number of carbonyl (C=O) groups is 1. The van der Waals surface area contributed by atoms with Crippen LogP contribution in [0.5, 0.6) is 5.75 Å². The number of carbonyl (C=O) groups excluding carboxylic acids is 1. The van der Waals surface area contributed by atoms with Crippen LogP contribution in [0.25, 0.3) is 0 Å². The van der Waals surface area contributed by atoms with E-state index in [1.807, 2.05) is 6.92 Å². The maximum atomic E-state index is 11.8. The summed E-state index contributed by atoms with van der Waals surface area (Å²) < 4.78 is 5.05. The third kappa shape index (κ3) is 3.20. The SMILES string of the molecule is CCC(N)CNC(=O)c1ccncc1OC. The molecule has 0 bridgehead atoms. The van der Waals surface area contributed by atoms with Gasteiger partial charge in [-0.05, 0) is 12.5 Å². The Morgan fingerprint density at radius 3 is 3.06 bits per heavy atom. The minimum absolute atomic E-state index is 0.0169. The van der Waals surface area contributed by atoms with E-state index < -0.39 is 0 Å². The maximum absolute atomic E-state index is 11.8. The number of ether oxygens (including phenoxy) is 1. The summed E-state index contributed by atoms with van der Waals surface area (Å²) in [5.41, 5.74) is 6.18. The lowest BCUT2D eigenvalue weighted by Gasteiger charge is -2.11. The Kier molecular flexibility index (Phi) is 4.72. The molecule has 1 atom stereocenters. The second kappa shape index (κ2) is 6.07. The number of nitrogens with zero attached hydrogens (tertiary/aromatic N) is 1. The fourth-order valence-corrected chi connectivity index (χ4v) is 1.19. The number of pyridine rings is 1. The lowest BCUT2D eigenvalue weighted by Crippen LogP contribution is -2.36. The summed E-state index contributed by atoms with van der Waals surface area (Å²) in [6.07, 6.45) is 3.89. The molecule has 1 rings (SSSR count). The van der Waals surface area contributed by atoms with Crippen LogP contribution in [0.15, 0.2) is 18.5 Å². The highest BCUT2D eigenvalue weighted by Gasteiger charge is 2.12. The molecule has 3 N–H and O–H groups in total. The van der Waals surface area contributed by atoms with Crippen molar-refractivity contribution in [1.82, 2.24) is 10.3 Å². The van der Waals surface area contributed by atoms with Crippen molar-refractivity contribution in [3.63, 3.8) is 0 Å². The van der Waals surface area contributed by atoms with Crippen LogP contribution in [0.2, 0.25) is 0 Å². The van der Waals surface area contributed by atoms with Gasteiger partial charge in [0.05, 0.1) is 18.9 Å². The highest BCUT2D eigenvalue weighted by Crippen LogP contribution is 2.14. The number of hydrogen-bond donors (Lipinski definition) is 2. The highest BCUT2D eigenvalue weighted by molar-refractivity contribution is 5.96. The Balaban J connectivity index is 2.65. The van der Waals surface area contributed by atoms with Crippen LogP contribution in [0, 0.1) is 0 Å². The van der Waals surface area contributed by atoms with Crippen LogP contribution in [-0.4, -0.2) is 30.6 Å². The molecule has 5 heteroatoms. The van der Waals surface area contributed by atoms with E-state index in [4.69, 9.17) is 10.5 Å². The average molecular weight is 223 g/mol. The topological polar surface area (TPSA) is 77.2 Å². The first kappa shape index (κ1) is 12.4. The minimum atomic E-state index is -0.192. The number of methoxy groups -OCH3 is 1. The maximum Gasteiger partial charge on any atom is 0.255 e. The molecule has 1 unspecified atom stereocenters. The molecule has 0 aromatic carbocycles. The second-order valence-electron chi connectivity index (χ2n) is 3.45. The van der Waals surface area contributed by atoms with Crippen molar-refractivity contribution < 1.29 is 9.53 Å². The van der Waals surface area contributed by atoms with Crippen molar-refractivity contribution in [2.75, 3.05) is 13.7 Å². The van der Waals surface area contributed by atoms with Gasteiger partial charge in [0.1, 0.15) is 5.75 Å². The van der Waals surface area contributed by atoms with Crippen molar-refractivity contribution >= 4 is 5.91 Å². The molecule has 0 fully saturated rings. The fourth-order valence-electron chi connectivity index (χ4n) is 1.19. The summed E-state index contributed by atoms with van der Waals surface area (Å²) >= 11 is 0. The zero-order valence-corrected chi connectivity index (χ0v) is 9.56. The number of hydrogen-bond acceptors (Lipinski definition) is 4. The standard InChI is InChI=1S/C11H17N3O2/c1-3-8(12)6-14-11(15)9-4-5-13-7-10(9)16-2/h4-5,7-8H,3,6,12H2,1-2H3,(H,14,15). The molecule has 5 nitrogen and oxygen atoms in total. The van der Waals surface area contributed by atoms with Crippen molar-refractivity contribution in [1.29, 1.82) is 0 Å². The Morgan fingerprint density at radius 2 is 2.44 bits per heavy atom. The Hall–Kier alpha value is -1.62. The fraction of sp³-hybridized carbons (Fsp3) is 0.455. The van der Waals surface area contributed by atoms with Crippen molar-refractivity contribution in [2.45, 2.75) is 19.4 Å². The summed E-state index contributed by atoms with van der Waals surface area (Å²) in [5, 5.41) is 2.75. The first-order valence-electron chi connectivity index (χ1n) is 5.20. The molecule has 1 heterocycles. The van der Waals surface area contributed by atoms with Gasteiger partial charge in [0.2, 0.25) is 0 Å². The zero-order valence-electron chi connectivity index (χ0n) is 9.56. The van der Waals surface area contributed by atoms with E-state index in [9.17, 15) is 4.79 Å². The van der Waals surface area contributed by atoms with E-state index in [0.29, 0.717) is 17.9 Å². The van der Waals surface area contributed by atoms with E-state index in [1.165, 1.54) is 13.3 Å². The molecule has 16 heavy (non-hydrogen) atoms. The van der Waals surface area contributed by atoms with Gasteiger partial charge in [-0.3, -0.25) is 9.78 Å². The largest absolute Gasteiger partial charge is 0.494 e. The van der Waals surface area contributed by atoms with Gasteiger partial charge >= 0.3 is 0 Å². The van der Waals surface area contributed by atoms with Crippen LogP contribution >= 0.6 is 0 Å². The van der Waals surface area contributed by atoms with Gasteiger partial charge in [-0.1, -0.05) is 6.92 Å². The summed E-state index contributed by atoms with van der Waals surface area (Å²) in [5.74, 6) is 0.271. The first-order chi connectivity index (χ1) is 7.69. The van der Waals surface area contributed by atoms with Gasteiger partial charge in [0.25, 0.3) is 5.91 Å². The van der Waals surface area contributed by atoms with Crippen molar-refractivity contribution in [2.24, 2.45) is 5.73 Å². The molecule has 1 amide bonds. The zero-order chi connectivity index (χ0) is 12.0. The van der Waals surface area contributed by atoms with Crippen LogP contribution in [0.1, 0.15) is 23.7 Å².